The molecule has 0 spiro atoms. The van der Waals surface area contributed by atoms with Crippen molar-refractivity contribution in [3.05, 3.63) is 48.0 Å². The minimum absolute atomic E-state index is 0.277. The number of halogens is 2. The van der Waals surface area contributed by atoms with Gasteiger partial charge in [0.25, 0.3) is 0 Å². The van der Waals surface area contributed by atoms with Crippen LogP contribution in [-0.2, 0) is 7.05 Å². The molecule has 19 heavy (non-hydrogen) atoms. The molecule has 0 atom stereocenters. The summed E-state index contributed by atoms with van der Waals surface area (Å²) in [6.07, 6.45) is 0. The summed E-state index contributed by atoms with van der Waals surface area (Å²) in [6.45, 7) is 0. The number of rotatable bonds is 1. The Morgan fingerprint density at radius 3 is 2.63 bits per heavy atom. The van der Waals surface area contributed by atoms with Crippen LogP contribution < -0.4 is 5.73 Å². The Morgan fingerprint density at radius 1 is 1.16 bits per heavy atom. The summed E-state index contributed by atoms with van der Waals surface area (Å²) >= 11 is 0. The van der Waals surface area contributed by atoms with Gasteiger partial charge >= 0.3 is 0 Å². The molecule has 2 aromatic carbocycles. The van der Waals surface area contributed by atoms with Crippen LogP contribution in [0.25, 0.3) is 22.4 Å². The summed E-state index contributed by atoms with van der Waals surface area (Å²) in [5.74, 6) is -0.288. The second-order valence-corrected chi connectivity index (χ2v) is 4.33. The lowest BCUT2D eigenvalue weighted by molar-refractivity contribution is 0.628. The first kappa shape index (κ1) is 11.6. The summed E-state index contributed by atoms with van der Waals surface area (Å²) in [4.78, 5) is 4.26. The summed E-state index contributed by atoms with van der Waals surface area (Å²) in [5.41, 5.74) is 7.60. The third kappa shape index (κ3) is 1.74. The van der Waals surface area contributed by atoms with E-state index in [0.717, 1.165) is 0 Å². The molecule has 0 aliphatic heterocycles. The van der Waals surface area contributed by atoms with E-state index in [1.165, 1.54) is 18.2 Å². The predicted molar refractivity (Wildman–Crippen MR) is 70.5 cm³/mol. The molecule has 0 fully saturated rings. The molecule has 0 amide bonds. The molecule has 3 rings (SSSR count). The molecule has 0 unspecified atom stereocenters. The van der Waals surface area contributed by atoms with Gasteiger partial charge in [-0.25, -0.2) is 13.8 Å². The van der Waals surface area contributed by atoms with Gasteiger partial charge in [-0.15, -0.1) is 0 Å². The highest BCUT2D eigenvalue weighted by atomic mass is 19.1. The van der Waals surface area contributed by atoms with Crippen molar-refractivity contribution in [3.8, 4) is 11.4 Å². The molecule has 2 N–H and O–H groups in total. The molecule has 3 aromatic rings. The number of fused-ring (bicyclic) bond motifs is 1. The molecule has 5 heteroatoms. The lowest BCUT2D eigenvalue weighted by Gasteiger charge is -2.05. The monoisotopic (exact) mass is 259 g/mol. The standard InChI is InChI=1S/C14H11F2N3/c1-19-12-4-2-3-10(16)13(12)18-14(19)9-6-5-8(15)7-11(9)17/h2-7H,17H2,1H3. The second kappa shape index (κ2) is 4.05. The van der Waals surface area contributed by atoms with E-state index in [-0.39, 0.29) is 17.0 Å². The van der Waals surface area contributed by atoms with Crippen LogP contribution in [0.4, 0.5) is 14.5 Å². The van der Waals surface area contributed by atoms with Gasteiger partial charge in [-0.2, -0.15) is 0 Å². The number of nitrogens with zero attached hydrogens (tertiary/aromatic N) is 2. The highest BCUT2D eigenvalue weighted by Gasteiger charge is 2.14. The van der Waals surface area contributed by atoms with Crippen LogP contribution in [0.2, 0.25) is 0 Å². The Bertz CT molecular complexity index is 778. The Morgan fingerprint density at radius 2 is 1.95 bits per heavy atom. The number of hydrogen-bond acceptors (Lipinski definition) is 2. The fourth-order valence-corrected chi connectivity index (χ4v) is 2.16. The van der Waals surface area contributed by atoms with Crippen LogP contribution >= 0.6 is 0 Å². The molecule has 96 valence electrons. The lowest BCUT2D eigenvalue weighted by Crippen LogP contribution is -1.97. The molecule has 0 bridgehead atoms. The van der Waals surface area contributed by atoms with Crippen LogP contribution in [0.15, 0.2) is 36.4 Å². The number of nitrogens with two attached hydrogens (primary N) is 1. The van der Waals surface area contributed by atoms with Crippen molar-refractivity contribution in [1.82, 2.24) is 9.55 Å². The average Bonchev–Trinajstić information content (AvgIpc) is 2.69. The molecule has 0 saturated heterocycles. The topological polar surface area (TPSA) is 43.8 Å². The Kier molecular flexibility index (Phi) is 2.48. The highest BCUT2D eigenvalue weighted by Crippen LogP contribution is 2.29. The maximum atomic E-state index is 13.7. The zero-order valence-corrected chi connectivity index (χ0v) is 10.2. The fourth-order valence-electron chi connectivity index (χ4n) is 2.16. The molecule has 3 nitrogen and oxygen atoms in total. The maximum Gasteiger partial charge on any atom is 0.151 e. The van der Waals surface area contributed by atoms with Crippen LogP contribution in [-0.4, -0.2) is 9.55 Å². The third-order valence-corrected chi connectivity index (χ3v) is 3.12. The van der Waals surface area contributed by atoms with Gasteiger partial charge in [0, 0.05) is 18.3 Å². The van der Waals surface area contributed by atoms with Gasteiger partial charge in [0.1, 0.15) is 17.2 Å². The summed E-state index contributed by atoms with van der Waals surface area (Å²) in [7, 11) is 1.77. The molecule has 0 radical (unpaired) electrons. The first-order chi connectivity index (χ1) is 9.08. The molecule has 1 heterocycles. The zero-order chi connectivity index (χ0) is 13.6. The average molecular weight is 259 g/mol. The maximum absolute atomic E-state index is 13.7. The number of nitrogen functional groups attached to an aromatic ring is 1. The lowest BCUT2D eigenvalue weighted by atomic mass is 10.1. The van der Waals surface area contributed by atoms with Gasteiger partial charge < -0.3 is 10.3 Å². The first-order valence-corrected chi connectivity index (χ1v) is 5.74. The van der Waals surface area contributed by atoms with Crippen molar-refractivity contribution < 1.29 is 8.78 Å². The minimum Gasteiger partial charge on any atom is -0.398 e. The number of aromatic nitrogens is 2. The van der Waals surface area contributed by atoms with E-state index in [9.17, 15) is 8.78 Å². The third-order valence-electron chi connectivity index (χ3n) is 3.12. The summed E-state index contributed by atoms with van der Waals surface area (Å²) in [6, 6.07) is 8.83. The van der Waals surface area contributed by atoms with Crippen molar-refractivity contribution in [1.29, 1.82) is 0 Å². The van der Waals surface area contributed by atoms with Gasteiger partial charge in [0.15, 0.2) is 5.82 Å². The molecular weight excluding hydrogens is 248 g/mol. The Balaban J connectivity index is 2.31. The van der Waals surface area contributed by atoms with Crippen molar-refractivity contribution >= 4 is 16.7 Å². The van der Waals surface area contributed by atoms with Crippen molar-refractivity contribution in [2.24, 2.45) is 7.05 Å². The first-order valence-electron chi connectivity index (χ1n) is 5.74. The molecule has 1 aromatic heterocycles. The fraction of sp³-hybridized carbons (Fsp3) is 0.0714. The van der Waals surface area contributed by atoms with Gasteiger partial charge in [0.05, 0.1) is 5.52 Å². The number of aryl methyl sites for hydroxylation is 1. The van der Waals surface area contributed by atoms with E-state index in [1.54, 1.807) is 29.8 Å². The highest BCUT2D eigenvalue weighted by molar-refractivity contribution is 5.83. The van der Waals surface area contributed by atoms with E-state index in [1.807, 2.05) is 0 Å². The summed E-state index contributed by atoms with van der Waals surface area (Å²) in [5, 5.41) is 0. The number of para-hydroxylation sites is 1. The predicted octanol–water partition coefficient (Wildman–Crippen LogP) is 3.10. The molecule has 0 aliphatic carbocycles. The van der Waals surface area contributed by atoms with E-state index in [2.05, 4.69) is 4.98 Å². The van der Waals surface area contributed by atoms with E-state index in [0.29, 0.717) is 16.9 Å². The van der Waals surface area contributed by atoms with Crippen molar-refractivity contribution in [3.63, 3.8) is 0 Å². The van der Waals surface area contributed by atoms with E-state index < -0.39 is 5.82 Å². The SMILES string of the molecule is Cn1c(-c2ccc(F)cc2N)nc2c(F)cccc21. The quantitative estimate of drug-likeness (QED) is 0.682. The normalized spacial score (nSPS) is 11.1. The van der Waals surface area contributed by atoms with Crippen molar-refractivity contribution in [2.75, 3.05) is 5.73 Å². The van der Waals surface area contributed by atoms with Gasteiger partial charge in [0.2, 0.25) is 0 Å². The number of hydrogen-bond donors (Lipinski definition) is 1. The van der Waals surface area contributed by atoms with Gasteiger partial charge in [-0.1, -0.05) is 6.07 Å². The van der Waals surface area contributed by atoms with E-state index in [4.69, 9.17) is 5.73 Å². The van der Waals surface area contributed by atoms with Gasteiger partial charge in [-0.05, 0) is 30.3 Å². The molecule has 0 saturated carbocycles. The van der Waals surface area contributed by atoms with Crippen molar-refractivity contribution in [2.45, 2.75) is 0 Å². The zero-order valence-electron chi connectivity index (χ0n) is 10.2. The number of benzene rings is 2. The Hall–Kier alpha value is -2.43. The van der Waals surface area contributed by atoms with Crippen LogP contribution in [0.1, 0.15) is 0 Å². The van der Waals surface area contributed by atoms with Crippen LogP contribution in [0.3, 0.4) is 0 Å². The van der Waals surface area contributed by atoms with E-state index >= 15 is 0 Å². The van der Waals surface area contributed by atoms with Crippen LogP contribution in [0, 0.1) is 11.6 Å². The number of imidazole rings is 1. The number of anilines is 1. The second-order valence-electron chi connectivity index (χ2n) is 4.33. The minimum atomic E-state index is -0.411. The molecule has 0 aliphatic rings. The summed E-state index contributed by atoms with van der Waals surface area (Å²) < 4.78 is 28.5. The van der Waals surface area contributed by atoms with Crippen LogP contribution in [0.5, 0.6) is 0 Å². The largest absolute Gasteiger partial charge is 0.398 e. The molecular formula is C14H11F2N3. The smallest absolute Gasteiger partial charge is 0.151 e. The van der Waals surface area contributed by atoms with Gasteiger partial charge in [-0.3, -0.25) is 0 Å². The Labute approximate surface area is 108 Å².